The van der Waals surface area contributed by atoms with Gasteiger partial charge in [-0.2, -0.15) is 0 Å². The molecule has 8 heteroatoms. The zero-order valence-corrected chi connectivity index (χ0v) is 14.9. The van der Waals surface area contributed by atoms with Gasteiger partial charge in [-0.3, -0.25) is 4.79 Å². The molecule has 0 spiro atoms. The number of anilines is 1. The Labute approximate surface area is 159 Å². The standard InChI is InChI=1S/C20H16FN3O4/c1-26-15-6-11(7-16-19(15)28-10-27-16)14-8-17(25)23-20-18(14)24(9-22-20)13-4-2-12(21)3-5-13/h2-7,9,14H,8,10H2,1H3,(H,23,25)/t14-/m0/s1. The lowest BCUT2D eigenvalue weighted by atomic mass is 9.89. The van der Waals surface area contributed by atoms with E-state index in [9.17, 15) is 9.18 Å². The van der Waals surface area contributed by atoms with E-state index in [2.05, 4.69) is 10.3 Å². The van der Waals surface area contributed by atoms with Crippen molar-refractivity contribution >= 4 is 11.7 Å². The van der Waals surface area contributed by atoms with Crippen LogP contribution in [0.4, 0.5) is 10.2 Å². The molecule has 5 rings (SSSR count). The Hall–Kier alpha value is -3.55. The second-order valence-electron chi connectivity index (χ2n) is 6.59. The fraction of sp³-hybridized carbons (Fsp3) is 0.200. The molecule has 28 heavy (non-hydrogen) atoms. The minimum atomic E-state index is -0.317. The predicted octanol–water partition coefficient (Wildman–Crippen LogP) is 3.22. The van der Waals surface area contributed by atoms with Crippen LogP contribution in [0.15, 0.2) is 42.7 Å². The van der Waals surface area contributed by atoms with Crippen LogP contribution in [0.25, 0.3) is 5.69 Å². The van der Waals surface area contributed by atoms with Gasteiger partial charge in [0.1, 0.15) is 12.1 Å². The zero-order chi connectivity index (χ0) is 19.3. The number of hydrogen-bond acceptors (Lipinski definition) is 5. The fourth-order valence-electron chi connectivity index (χ4n) is 3.69. The Bertz CT molecular complexity index is 1080. The average Bonchev–Trinajstić information content (AvgIpc) is 3.34. The van der Waals surface area contributed by atoms with Gasteiger partial charge in [-0.05, 0) is 42.0 Å². The number of carbonyl (C=O) groups excluding carboxylic acids is 1. The molecule has 1 aromatic heterocycles. The molecular weight excluding hydrogens is 365 g/mol. The number of fused-ring (bicyclic) bond motifs is 2. The summed E-state index contributed by atoms with van der Waals surface area (Å²) >= 11 is 0. The van der Waals surface area contributed by atoms with Crippen LogP contribution >= 0.6 is 0 Å². The number of amides is 1. The summed E-state index contributed by atoms with van der Waals surface area (Å²) in [5, 5.41) is 2.81. The summed E-state index contributed by atoms with van der Waals surface area (Å²) in [6, 6.07) is 9.84. The van der Waals surface area contributed by atoms with Crippen molar-refractivity contribution in [3.63, 3.8) is 0 Å². The Balaban J connectivity index is 1.66. The fourth-order valence-corrected chi connectivity index (χ4v) is 3.69. The van der Waals surface area contributed by atoms with E-state index >= 15 is 0 Å². The molecule has 3 aromatic rings. The summed E-state index contributed by atoms with van der Waals surface area (Å²) in [4.78, 5) is 16.6. The molecule has 2 aliphatic heterocycles. The van der Waals surface area contributed by atoms with Crippen molar-refractivity contribution < 1.29 is 23.4 Å². The average molecular weight is 381 g/mol. The third kappa shape index (κ3) is 2.57. The molecule has 3 heterocycles. The highest BCUT2D eigenvalue weighted by atomic mass is 19.1. The van der Waals surface area contributed by atoms with Crippen LogP contribution in [0.2, 0.25) is 0 Å². The number of carbonyl (C=O) groups is 1. The molecule has 142 valence electrons. The Morgan fingerprint density at radius 1 is 1.25 bits per heavy atom. The molecule has 0 aliphatic carbocycles. The first-order valence-electron chi connectivity index (χ1n) is 8.74. The van der Waals surface area contributed by atoms with E-state index in [-0.39, 0.29) is 30.9 Å². The molecule has 1 atom stereocenters. The van der Waals surface area contributed by atoms with Gasteiger partial charge in [-0.1, -0.05) is 0 Å². The maximum absolute atomic E-state index is 13.3. The molecule has 0 saturated carbocycles. The first-order chi connectivity index (χ1) is 13.6. The number of rotatable bonds is 3. The van der Waals surface area contributed by atoms with Crippen LogP contribution in [-0.2, 0) is 4.79 Å². The van der Waals surface area contributed by atoms with Crippen LogP contribution in [-0.4, -0.2) is 29.4 Å². The minimum Gasteiger partial charge on any atom is -0.493 e. The van der Waals surface area contributed by atoms with Gasteiger partial charge in [0, 0.05) is 18.0 Å². The highest BCUT2D eigenvalue weighted by Crippen LogP contribution is 2.46. The summed E-state index contributed by atoms with van der Waals surface area (Å²) in [5.41, 5.74) is 2.41. The first kappa shape index (κ1) is 16.6. The summed E-state index contributed by atoms with van der Waals surface area (Å²) in [6.45, 7) is 0.124. The number of hydrogen-bond donors (Lipinski definition) is 1. The maximum Gasteiger partial charge on any atom is 0.231 e. The van der Waals surface area contributed by atoms with Crippen LogP contribution in [0, 0.1) is 5.82 Å². The second-order valence-corrected chi connectivity index (χ2v) is 6.59. The number of halogens is 1. The Morgan fingerprint density at radius 2 is 2.07 bits per heavy atom. The lowest BCUT2D eigenvalue weighted by Gasteiger charge is -2.25. The van der Waals surface area contributed by atoms with Crippen molar-refractivity contribution in [3.05, 3.63) is 59.8 Å². The number of nitrogens with zero attached hydrogens (tertiary/aromatic N) is 2. The van der Waals surface area contributed by atoms with Gasteiger partial charge in [0.15, 0.2) is 17.3 Å². The molecule has 2 aliphatic rings. The van der Waals surface area contributed by atoms with Crippen LogP contribution < -0.4 is 19.5 Å². The Morgan fingerprint density at radius 3 is 2.86 bits per heavy atom. The second kappa shape index (κ2) is 6.26. The van der Waals surface area contributed by atoms with Crippen molar-refractivity contribution in [2.45, 2.75) is 12.3 Å². The smallest absolute Gasteiger partial charge is 0.231 e. The molecule has 0 bridgehead atoms. The van der Waals surface area contributed by atoms with E-state index in [0.29, 0.717) is 23.1 Å². The van der Waals surface area contributed by atoms with Crippen molar-refractivity contribution in [3.8, 4) is 22.9 Å². The van der Waals surface area contributed by atoms with E-state index in [1.165, 1.54) is 12.1 Å². The van der Waals surface area contributed by atoms with E-state index in [0.717, 1.165) is 16.9 Å². The normalized spacial score (nSPS) is 17.2. The number of methoxy groups -OCH3 is 1. The third-order valence-electron chi connectivity index (χ3n) is 4.97. The molecule has 1 N–H and O–H groups in total. The van der Waals surface area contributed by atoms with E-state index in [1.54, 1.807) is 25.6 Å². The molecule has 0 fully saturated rings. The molecule has 0 saturated heterocycles. The van der Waals surface area contributed by atoms with E-state index in [4.69, 9.17) is 14.2 Å². The topological polar surface area (TPSA) is 74.6 Å². The molecule has 1 amide bonds. The van der Waals surface area contributed by atoms with Crippen LogP contribution in [0.3, 0.4) is 0 Å². The number of ether oxygens (including phenoxy) is 3. The van der Waals surface area contributed by atoms with E-state index < -0.39 is 0 Å². The summed E-state index contributed by atoms with van der Waals surface area (Å²) < 4.78 is 31.6. The number of benzene rings is 2. The van der Waals surface area contributed by atoms with Crippen LogP contribution in [0.5, 0.6) is 17.2 Å². The molecule has 0 unspecified atom stereocenters. The SMILES string of the molecule is COc1cc([C@@H]2CC(=O)Nc3ncn(-c4ccc(F)cc4)c32)cc2c1OCO2. The van der Waals surface area contributed by atoms with Crippen LogP contribution in [0.1, 0.15) is 23.6 Å². The number of imidazole rings is 1. The minimum absolute atomic E-state index is 0.124. The first-order valence-corrected chi connectivity index (χ1v) is 8.74. The summed E-state index contributed by atoms with van der Waals surface area (Å²) in [5.74, 6) is 1.45. The summed E-state index contributed by atoms with van der Waals surface area (Å²) in [6.07, 6.45) is 1.86. The van der Waals surface area contributed by atoms with Gasteiger partial charge in [0.25, 0.3) is 0 Å². The molecule has 7 nitrogen and oxygen atoms in total. The van der Waals surface area contributed by atoms with Crippen molar-refractivity contribution in [1.29, 1.82) is 0 Å². The Kier molecular flexibility index (Phi) is 3.71. The van der Waals surface area contributed by atoms with Gasteiger partial charge < -0.3 is 24.1 Å². The lowest BCUT2D eigenvalue weighted by Crippen LogP contribution is -2.25. The quantitative estimate of drug-likeness (QED) is 0.754. The number of aromatic nitrogens is 2. The van der Waals surface area contributed by atoms with Gasteiger partial charge >= 0.3 is 0 Å². The highest BCUT2D eigenvalue weighted by molar-refractivity contribution is 5.94. The predicted molar refractivity (Wildman–Crippen MR) is 97.7 cm³/mol. The van der Waals surface area contributed by atoms with Gasteiger partial charge in [0.05, 0.1) is 12.8 Å². The van der Waals surface area contributed by atoms with Crippen molar-refractivity contribution in [1.82, 2.24) is 9.55 Å². The van der Waals surface area contributed by atoms with Crippen molar-refractivity contribution in [2.75, 3.05) is 19.2 Å². The molecular formula is C20H16FN3O4. The van der Waals surface area contributed by atoms with Gasteiger partial charge in [0.2, 0.25) is 18.4 Å². The van der Waals surface area contributed by atoms with Gasteiger partial charge in [-0.15, -0.1) is 0 Å². The highest BCUT2D eigenvalue weighted by Gasteiger charge is 2.33. The third-order valence-corrected chi connectivity index (χ3v) is 4.97. The number of nitrogens with one attached hydrogen (secondary N) is 1. The molecule has 0 radical (unpaired) electrons. The monoisotopic (exact) mass is 381 g/mol. The lowest BCUT2D eigenvalue weighted by molar-refractivity contribution is -0.116. The molecule has 2 aromatic carbocycles. The largest absolute Gasteiger partial charge is 0.493 e. The van der Waals surface area contributed by atoms with E-state index in [1.807, 2.05) is 16.7 Å². The van der Waals surface area contributed by atoms with Crippen molar-refractivity contribution in [2.24, 2.45) is 0 Å². The van der Waals surface area contributed by atoms with Gasteiger partial charge in [-0.25, -0.2) is 9.37 Å². The maximum atomic E-state index is 13.3. The zero-order valence-electron chi connectivity index (χ0n) is 14.9. The summed E-state index contributed by atoms with van der Waals surface area (Å²) in [7, 11) is 1.56.